The second-order valence-corrected chi connectivity index (χ2v) is 4.68. The molecule has 0 aliphatic heterocycles. The maximum Gasteiger partial charge on any atom is 0.221 e. The predicted octanol–water partition coefficient (Wildman–Crippen LogP) is 2.16. The molecule has 0 heterocycles. The first-order chi connectivity index (χ1) is 10.1. The quantitative estimate of drug-likeness (QED) is 0.789. The number of halogens is 1. The number of rotatable bonds is 5. The van der Waals surface area contributed by atoms with Gasteiger partial charge >= 0.3 is 0 Å². The zero-order chi connectivity index (χ0) is 15.2. The largest absolute Gasteiger partial charge is 0.505 e. The van der Waals surface area contributed by atoms with Crippen molar-refractivity contribution in [3.63, 3.8) is 0 Å². The number of phenolic OH excluding ortho intramolecular Hbond substituents is 1. The van der Waals surface area contributed by atoms with Gasteiger partial charge in [-0.25, -0.2) is 4.39 Å². The molecular formula is C16H17FN2O2. The molecule has 0 aliphatic carbocycles. The lowest BCUT2D eigenvalue weighted by Gasteiger charge is -2.07. The Morgan fingerprint density at radius 3 is 2.43 bits per heavy atom. The van der Waals surface area contributed by atoms with Crippen LogP contribution >= 0.6 is 0 Å². The molecule has 0 atom stereocenters. The van der Waals surface area contributed by atoms with E-state index >= 15 is 0 Å². The molecule has 0 spiro atoms. The average molecular weight is 288 g/mol. The summed E-state index contributed by atoms with van der Waals surface area (Å²) in [4.78, 5) is 11.3. The number of aromatic hydroxyl groups is 1. The molecule has 2 rings (SSSR count). The summed E-state index contributed by atoms with van der Waals surface area (Å²) in [5.41, 5.74) is 7.84. The van der Waals surface area contributed by atoms with Gasteiger partial charge in [0, 0.05) is 19.5 Å². The van der Waals surface area contributed by atoms with Crippen molar-refractivity contribution < 1.29 is 14.3 Å². The van der Waals surface area contributed by atoms with Crippen LogP contribution in [-0.2, 0) is 11.3 Å². The average Bonchev–Trinajstić information content (AvgIpc) is 2.49. The molecule has 4 nitrogen and oxygen atoms in total. The van der Waals surface area contributed by atoms with Gasteiger partial charge in [0.05, 0.1) is 0 Å². The predicted molar refractivity (Wildman–Crippen MR) is 79.0 cm³/mol. The van der Waals surface area contributed by atoms with Crippen molar-refractivity contribution in [2.45, 2.75) is 13.0 Å². The number of hydrogen-bond acceptors (Lipinski definition) is 3. The van der Waals surface area contributed by atoms with Crippen molar-refractivity contribution in [2.75, 3.05) is 6.54 Å². The van der Waals surface area contributed by atoms with Crippen LogP contribution in [0.25, 0.3) is 11.1 Å². The molecule has 2 aromatic rings. The molecule has 0 saturated carbocycles. The highest BCUT2D eigenvalue weighted by Crippen LogP contribution is 2.25. The zero-order valence-electron chi connectivity index (χ0n) is 11.5. The molecule has 0 saturated heterocycles. The summed E-state index contributed by atoms with van der Waals surface area (Å²) in [5.74, 6) is -1.09. The molecule has 2 aromatic carbocycles. The molecule has 0 fully saturated rings. The lowest BCUT2D eigenvalue weighted by Crippen LogP contribution is -2.24. The number of carbonyl (C=O) groups is 1. The fourth-order valence-corrected chi connectivity index (χ4v) is 1.93. The van der Waals surface area contributed by atoms with E-state index in [1.54, 1.807) is 6.07 Å². The smallest absolute Gasteiger partial charge is 0.221 e. The van der Waals surface area contributed by atoms with Gasteiger partial charge in [0.2, 0.25) is 5.91 Å². The van der Waals surface area contributed by atoms with Crippen LogP contribution in [0.1, 0.15) is 12.0 Å². The number of nitrogens with two attached hydrogens (primary N) is 1. The summed E-state index contributed by atoms with van der Waals surface area (Å²) in [7, 11) is 0. The van der Waals surface area contributed by atoms with Crippen LogP contribution in [0, 0.1) is 5.82 Å². The Hall–Kier alpha value is -2.40. The van der Waals surface area contributed by atoms with Crippen molar-refractivity contribution in [1.82, 2.24) is 5.32 Å². The molecule has 5 heteroatoms. The Labute approximate surface area is 122 Å². The number of carbonyl (C=O) groups excluding carboxylic acids is 1. The monoisotopic (exact) mass is 288 g/mol. The summed E-state index contributed by atoms with van der Waals surface area (Å²) in [6, 6.07) is 11.7. The molecule has 0 aliphatic rings. The van der Waals surface area contributed by atoms with Crippen LogP contribution in [0.4, 0.5) is 4.39 Å². The minimum absolute atomic E-state index is 0.0787. The van der Waals surface area contributed by atoms with Gasteiger partial charge < -0.3 is 16.2 Å². The first-order valence-electron chi connectivity index (χ1n) is 6.65. The highest BCUT2D eigenvalue weighted by atomic mass is 19.1. The fraction of sp³-hybridized carbons (Fsp3) is 0.188. The fourth-order valence-electron chi connectivity index (χ4n) is 1.93. The van der Waals surface area contributed by atoms with Crippen LogP contribution in [0.15, 0.2) is 42.5 Å². The maximum absolute atomic E-state index is 13.0. The van der Waals surface area contributed by atoms with Gasteiger partial charge in [0.25, 0.3) is 0 Å². The highest BCUT2D eigenvalue weighted by Gasteiger charge is 2.04. The standard InChI is InChI=1S/C16H17FN2O2/c17-14-6-5-13(9-15(14)20)12-3-1-11(2-4-12)10-19-16(21)7-8-18/h1-6,9,20H,7-8,10,18H2,(H,19,21). The highest BCUT2D eigenvalue weighted by molar-refractivity contribution is 5.76. The van der Waals surface area contributed by atoms with Gasteiger partial charge in [-0.2, -0.15) is 0 Å². The van der Waals surface area contributed by atoms with E-state index in [-0.39, 0.29) is 11.7 Å². The van der Waals surface area contributed by atoms with Gasteiger partial charge in [-0.3, -0.25) is 4.79 Å². The topological polar surface area (TPSA) is 75.4 Å². The van der Waals surface area contributed by atoms with E-state index < -0.39 is 5.82 Å². The first-order valence-corrected chi connectivity index (χ1v) is 6.65. The third-order valence-corrected chi connectivity index (χ3v) is 3.09. The zero-order valence-corrected chi connectivity index (χ0v) is 11.5. The number of nitrogens with one attached hydrogen (secondary N) is 1. The molecule has 0 bridgehead atoms. The van der Waals surface area contributed by atoms with Crippen molar-refractivity contribution >= 4 is 5.91 Å². The molecule has 1 amide bonds. The Balaban J connectivity index is 2.04. The number of hydrogen-bond donors (Lipinski definition) is 3. The minimum atomic E-state index is -0.641. The van der Waals surface area contributed by atoms with Crippen molar-refractivity contribution in [3.05, 3.63) is 53.8 Å². The Kier molecular flexibility index (Phi) is 4.90. The van der Waals surface area contributed by atoms with E-state index in [1.807, 2.05) is 24.3 Å². The Morgan fingerprint density at radius 1 is 1.14 bits per heavy atom. The van der Waals surface area contributed by atoms with Gasteiger partial charge in [0.15, 0.2) is 11.6 Å². The summed E-state index contributed by atoms with van der Waals surface area (Å²) in [6.45, 7) is 0.770. The van der Waals surface area contributed by atoms with E-state index in [0.717, 1.165) is 16.7 Å². The first kappa shape index (κ1) is 15.0. The SMILES string of the molecule is NCCC(=O)NCc1ccc(-c2ccc(F)c(O)c2)cc1. The third kappa shape index (κ3) is 4.03. The van der Waals surface area contributed by atoms with Gasteiger partial charge in [-0.1, -0.05) is 30.3 Å². The van der Waals surface area contributed by atoms with Crippen molar-refractivity contribution in [2.24, 2.45) is 5.73 Å². The second-order valence-electron chi connectivity index (χ2n) is 4.68. The van der Waals surface area contributed by atoms with E-state index in [9.17, 15) is 14.3 Å². The Morgan fingerprint density at radius 2 is 1.81 bits per heavy atom. The lowest BCUT2D eigenvalue weighted by atomic mass is 10.0. The molecule has 4 N–H and O–H groups in total. The van der Waals surface area contributed by atoms with E-state index in [2.05, 4.69) is 5.32 Å². The maximum atomic E-state index is 13.0. The molecule has 0 unspecified atom stereocenters. The number of benzene rings is 2. The third-order valence-electron chi connectivity index (χ3n) is 3.09. The van der Waals surface area contributed by atoms with E-state index in [4.69, 9.17) is 5.73 Å². The Bertz CT molecular complexity index is 627. The van der Waals surface area contributed by atoms with Crippen LogP contribution in [0.5, 0.6) is 5.75 Å². The summed E-state index contributed by atoms with van der Waals surface area (Å²) < 4.78 is 13.0. The van der Waals surface area contributed by atoms with Crippen LogP contribution in [-0.4, -0.2) is 17.6 Å². The molecule has 0 aromatic heterocycles. The molecule has 21 heavy (non-hydrogen) atoms. The lowest BCUT2D eigenvalue weighted by molar-refractivity contribution is -0.121. The summed E-state index contributed by atoms with van der Waals surface area (Å²) in [6.07, 6.45) is 0.312. The van der Waals surface area contributed by atoms with E-state index in [1.165, 1.54) is 12.1 Å². The van der Waals surface area contributed by atoms with Crippen LogP contribution < -0.4 is 11.1 Å². The van der Waals surface area contributed by atoms with Gasteiger partial charge in [-0.15, -0.1) is 0 Å². The van der Waals surface area contributed by atoms with E-state index in [0.29, 0.717) is 19.5 Å². The summed E-state index contributed by atoms with van der Waals surface area (Å²) >= 11 is 0. The van der Waals surface area contributed by atoms with Crippen LogP contribution in [0.3, 0.4) is 0 Å². The molecule has 0 radical (unpaired) electrons. The minimum Gasteiger partial charge on any atom is -0.505 e. The normalized spacial score (nSPS) is 10.4. The molecule has 110 valence electrons. The number of phenols is 1. The second kappa shape index (κ2) is 6.85. The van der Waals surface area contributed by atoms with Gasteiger partial charge in [-0.05, 0) is 28.8 Å². The summed E-state index contributed by atoms with van der Waals surface area (Å²) in [5, 5.41) is 12.1. The van der Waals surface area contributed by atoms with Gasteiger partial charge in [0.1, 0.15) is 0 Å². The molecular weight excluding hydrogens is 271 g/mol. The van der Waals surface area contributed by atoms with Crippen molar-refractivity contribution in [1.29, 1.82) is 0 Å². The van der Waals surface area contributed by atoms with Crippen molar-refractivity contribution in [3.8, 4) is 16.9 Å². The number of amides is 1. The van der Waals surface area contributed by atoms with Crippen LogP contribution in [0.2, 0.25) is 0 Å².